The number of aromatic nitrogens is 6. The molecule has 9 nitrogen and oxygen atoms in total. The highest BCUT2D eigenvalue weighted by Gasteiger charge is 2.25. The summed E-state index contributed by atoms with van der Waals surface area (Å²) in [6.07, 6.45) is 4.65. The summed E-state index contributed by atoms with van der Waals surface area (Å²) in [4.78, 5) is 25.5. The molecule has 1 aliphatic heterocycles. The number of nitrogens with zero attached hydrogens (tertiary/aromatic N) is 6. The second-order valence-corrected chi connectivity index (χ2v) is 8.03. The van der Waals surface area contributed by atoms with E-state index in [1.54, 1.807) is 18.6 Å². The van der Waals surface area contributed by atoms with Crippen molar-refractivity contribution < 1.29 is 14.3 Å². The number of fused-ring (bicyclic) bond motifs is 3. The number of hydrogen-bond acceptors (Lipinski definition) is 7. The van der Waals surface area contributed by atoms with Crippen LogP contribution < -0.4 is 9.47 Å². The van der Waals surface area contributed by atoms with E-state index in [-0.39, 0.29) is 17.7 Å². The molecule has 0 bridgehead atoms. The number of ether oxygens (including phenoxy) is 2. The summed E-state index contributed by atoms with van der Waals surface area (Å²) in [5.41, 5.74) is 1.52. The predicted octanol–water partition coefficient (Wildman–Crippen LogP) is 3.17. The minimum absolute atomic E-state index is 0.0305. The van der Waals surface area contributed by atoms with Crippen LogP contribution >= 0.6 is 0 Å². The van der Waals surface area contributed by atoms with Crippen molar-refractivity contribution in [3.63, 3.8) is 0 Å². The van der Waals surface area contributed by atoms with E-state index >= 15 is 0 Å². The Morgan fingerprint density at radius 2 is 2.00 bits per heavy atom. The summed E-state index contributed by atoms with van der Waals surface area (Å²) in [5, 5.41) is 4.30. The third-order valence-electron chi connectivity index (χ3n) is 4.99. The fourth-order valence-corrected chi connectivity index (χ4v) is 3.56. The molecule has 3 aromatic heterocycles. The highest BCUT2D eigenvalue weighted by Crippen LogP contribution is 2.35. The maximum atomic E-state index is 11.9. The normalized spacial score (nSPS) is 14.1. The molecule has 0 aliphatic carbocycles. The van der Waals surface area contributed by atoms with Crippen LogP contribution in [0.1, 0.15) is 40.7 Å². The number of ketones is 1. The van der Waals surface area contributed by atoms with Crippen molar-refractivity contribution in [3.8, 4) is 34.5 Å². The average Bonchev–Trinajstić information content (AvgIpc) is 3.30. The van der Waals surface area contributed by atoms with Gasteiger partial charge in [-0.15, -0.1) is 0 Å². The lowest BCUT2D eigenvalue weighted by Gasteiger charge is -2.19. The summed E-state index contributed by atoms with van der Waals surface area (Å²) in [6.45, 7) is 10.7. The molecule has 4 rings (SSSR count). The molecule has 9 heteroatoms. The smallest absolute Gasteiger partial charge is 0.217 e. The van der Waals surface area contributed by atoms with Crippen molar-refractivity contribution >= 4 is 5.78 Å². The minimum Gasteiger partial charge on any atom is -0.491 e. The van der Waals surface area contributed by atoms with Gasteiger partial charge in [-0.2, -0.15) is 5.10 Å². The van der Waals surface area contributed by atoms with Crippen LogP contribution in [0, 0.1) is 5.92 Å². The largest absolute Gasteiger partial charge is 0.491 e. The molecule has 3 aromatic rings. The van der Waals surface area contributed by atoms with Crippen LogP contribution in [0.2, 0.25) is 0 Å². The van der Waals surface area contributed by atoms with Gasteiger partial charge >= 0.3 is 0 Å². The zero-order valence-corrected chi connectivity index (χ0v) is 17.9. The number of pyridine rings is 1. The van der Waals surface area contributed by atoms with Crippen LogP contribution in [0.15, 0.2) is 24.8 Å². The first-order valence-electron chi connectivity index (χ1n) is 10.1. The third kappa shape index (κ3) is 3.67. The Morgan fingerprint density at radius 3 is 2.70 bits per heavy atom. The molecule has 0 N–H and O–H groups in total. The molecule has 0 saturated heterocycles. The van der Waals surface area contributed by atoms with E-state index in [0.29, 0.717) is 24.8 Å². The molecule has 0 spiro atoms. The van der Waals surface area contributed by atoms with E-state index < -0.39 is 6.10 Å². The standard InChI is InChI=1S/C21H26N6O3/c1-12(2)19(14(5)28)30-18-8-17-15(9-22-18)20-25-16(10-26(20)6-7-29-17)21-23-11-24-27(21)13(3)4/h8-13,19H,6-7H2,1-5H3. The number of carbonyl (C=O) groups excluding carboxylic acids is 1. The fraction of sp³-hybridized carbons (Fsp3) is 0.476. The number of carbonyl (C=O) groups is 1. The molecule has 0 aromatic carbocycles. The van der Waals surface area contributed by atoms with Gasteiger partial charge in [-0.25, -0.2) is 19.6 Å². The van der Waals surface area contributed by atoms with E-state index in [9.17, 15) is 4.79 Å². The molecular weight excluding hydrogens is 384 g/mol. The van der Waals surface area contributed by atoms with Gasteiger partial charge in [-0.05, 0) is 26.7 Å². The van der Waals surface area contributed by atoms with Gasteiger partial charge in [0.05, 0.1) is 12.1 Å². The predicted molar refractivity (Wildman–Crippen MR) is 110 cm³/mol. The lowest BCUT2D eigenvalue weighted by atomic mass is 10.0. The summed E-state index contributed by atoms with van der Waals surface area (Å²) < 4.78 is 15.7. The van der Waals surface area contributed by atoms with Crippen LogP contribution in [0.4, 0.5) is 0 Å². The van der Waals surface area contributed by atoms with Crippen LogP contribution in [-0.4, -0.2) is 47.8 Å². The van der Waals surface area contributed by atoms with Crippen LogP contribution in [0.25, 0.3) is 22.9 Å². The van der Waals surface area contributed by atoms with Crippen molar-refractivity contribution in [3.05, 3.63) is 24.8 Å². The van der Waals surface area contributed by atoms with Gasteiger partial charge in [0.15, 0.2) is 17.7 Å². The Kier molecular flexibility index (Phi) is 5.27. The molecule has 30 heavy (non-hydrogen) atoms. The van der Waals surface area contributed by atoms with Gasteiger partial charge in [0.2, 0.25) is 5.88 Å². The zero-order valence-electron chi connectivity index (χ0n) is 17.9. The van der Waals surface area contributed by atoms with Crippen LogP contribution in [0.5, 0.6) is 11.6 Å². The van der Waals surface area contributed by atoms with Gasteiger partial charge in [0.25, 0.3) is 0 Å². The fourth-order valence-electron chi connectivity index (χ4n) is 3.56. The minimum atomic E-state index is -0.544. The Hall–Kier alpha value is -3.23. The quantitative estimate of drug-likeness (QED) is 0.616. The highest BCUT2D eigenvalue weighted by atomic mass is 16.5. The summed E-state index contributed by atoms with van der Waals surface area (Å²) in [7, 11) is 0. The Bertz CT molecular complexity index is 1070. The summed E-state index contributed by atoms with van der Waals surface area (Å²) >= 11 is 0. The van der Waals surface area contributed by atoms with Crippen molar-refractivity contribution in [2.24, 2.45) is 5.92 Å². The van der Waals surface area contributed by atoms with Crippen LogP contribution in [0.3, 0.4) is 0 Å². The first-order valence-corrected chi connectivity index (χ1v) is 10.1. The topological polar surface area (TPSA) is 97.0 Å². The monoisotopic (exact) mass is 410 g/mol. The SMILES string of the molecule is CC(=O)C(Oc1cc2c(cn1)-c1nc(-c3ncnn3C(C)C)cn1CCO2)C(C)C. The first-order chi connectivity index (χ1) is 14.3. The number of Topliss-reactive ketones (excluding diaryl/α,β-unsaturated/α-hetero) is 1. The Morgan fingerprint density at radius 1 is 1.20 bits per heavy atom. The van der Waals surface area contributed by atoms with Crippen molar-refractivity contribution in [2.45, 2.75) is 53.3 Å². The van der Waals surface area contributed by atoms with Gasteiger partial charge in [0.1, 0.15) is 30.2 Å². The molecule has 158 valence electrons. The summed E-state index contributed by atoms with van der Waals surface area (Å²) in [5.74, 6) is 2.49. The molecule has 0 radical (unpaired) electrons. The van der Waals surface area contributed by atoms with Gasteiger partial charge in [0, 0.05) is 24.5 Å². The van der Waals surface area contributed by atoms with Crippen molar-refractivity contribution in [2.75, 3.05) is 6.61 Å². The third-order valence-corrected chi connectivity index (χ3v) is 4.99. The molecule has 1 aliphatic rings. The van der Waals surface area contributed by atoms with E-state index in [1.165, 1.54) is 6.92 Å². The highest BCUT2D eigenvalue weighted by molar-refractivity contribution is 5.81. The molecule has 1 unspecified atom stereocenters. The lowest BCUT2D eigenvalue weighted by Crippen LogP contribution is -2.30. The van der Waals surface area contributed by atoms with E-state index in [4.69, 9.17) is 14.5 Å². The maximum absolute atomic E-state index is 11.9. The molecular formula is C21H26N6O3. The molecule has 1 atom stereocenters. The van der Waals surface area contributed by atoms with Gasteiger partial charge < -0.3 is 14.0 Å². The zero-order chi connectivity index (χ0) is 21.4. The number of hydrogen-bond donors (Lipinski definition) is 0. The van der Waals surface area contributed by atoms with E-state index in [0.717, 1.165) is 22.9 Å². The first kappa shape index (κ1) is 20.1. The van der Waals surface area contributed by atoms with E-state index in [2.05, 4.69) is 28.9 Å². The number of imidazole rings is 1. The Balaban J connectivity index is 1.70. The van der Waals surface area contributed by atoms with Gasteiger partial charge in [-0.1, -0.05) is 13.8 Å². The average molecular weight is 410 g/mol. The second-order valence-electron chi connectivity index (χ2n) is 8.03. The molecule has 4 heterocycles. The van der Waals surface area contributed by atoms with Crippen molar-refractivity contribution in [1.82, 2.24) is 29.3 Å². The Labute approximate surface area is 175 Å². The van der Waals surface area contributed by atoms with Crippen LogP contribution in [-0.2, 0) is 11.3 Å². The van der Waals surface area contributed by atoms with E-state index in [1.807, 2.05) is 29.3 Å². The molecule has 0 amide bonds. The molecule has 0 fully saturated rings. The lowest BCUT2D eigenvalue weighted by molar-refractivity contribution is -0.125. The maximum Gasteiger partial charge on any atom is 0.217 e. The van der Waals surface area contributed by atoms with Gasteiger partial charge in [-0.3, -0.25) is 4.79 Å². The second kappa shape index (κ2) is 7.89. The summed E-state index contributed by atoms with van der Waals surface area (Å²) in [6, 6.07) is 1.91. The molecule has 0 saturated carbocycles. The number of rotatable bonds is 6. The van der Waals surface area contributed by atoms with Crippen molar-refractivity contribution in [1.29, 1.82) is 0 Å².